The quantitative estimate of drug-likeness (QED) is 0.634. The molecule has 1 aromatic carbocycles. The van der Waals surface area contributed by atoms with Gasteiger partial charge in [-0.15, -0.1) is 15.7 Å². The molecule has 0 aliphatic carbocycles. The van der Waals surface area contributed by atoms with E-state index in [4.69, 9.17) is 5.14 Å². The SMILES string of the molecule is CC(C)c1cc(F)cc(C(C)C)c1CC(=O)N=[S@](N)(=O)c1sc(C(C)(C)C)nc1CO. The summed E-state index contributed by atoms with van der Waals surface area (Å²) < 4.78 is 31.3. The summed E-state index contributed by atoms with van der Waals surface area (Å²) in [4.78, 5) is 17.2. The van der Waals surface area contributed by atoms with Crippen LogP contribution in [0.1, 0.15) is 87.7 Å². The molecule has 0 bridgehead atoms. The first kappa shape index (κ1) is 25.6. The van der Waals surface area contributed by atoms with Crippen LogP contribution in [0.25, 0.3) is 0 Å². The molecule has 0 unspecified atom stereocenters. The predicted octanol–water partition coefficient (Wildman–Crippen LogP) is 4.79. The molecule has 0 aliphatic heterocycles. The Hall–Kier alpha value is -1.68. The van der Waals surface area contributed by atoms with Gasteiger partial charge in [0.1, 0.15) is 10.0 Å². The van der Waals surface area contributed by atoms with Gasteiger partial charge in [-0.05, 0) is 40.7 Å². The molecule has 0 radical (unpaired) electrons. The van der Waals surface area contributed by atoms with Gasteiger partial charge in [0.05, 0.1) is 23.7 Å². The number of halogens is 1. The van der Waals surface area contributed by atoms with Crippen LogP contribution in [-0.4, -0.2) is 20.2 Å². The zero-order valence-corrected chi connectivity index (χ0v) is 20.8. The molecule has 2 rings (SSSR count). The minimum absolute atomic E-state index is 0.00457. The van der Waals surface area contributed by atoms with Crippen molar-refractivity contribution in [3.8, 4) is 0 Å². The first-order valence-corrected chi connectivity index (χ1v) is 12.6. The van der Waals surface area contributed by atoms with Crippen molar-refractivity contribution in [1.29, 1.82) is 0 Å². The highest BCUT2D eigenvalue weighted by Crippen LogP contribution is 2.33. The summed E-state index contributed by atoms with van der Waals surface area (Å²) in [6.45, 7) is 13.1. The van der Waals surface area contributed by atoms with Gasteiger partial charge < -0.3 is 5.11 Å². The average Bonchev–Trinajstić information content (AvgIpc) is 3.07. The highest BCUT2D eigenvalue weighted by Gasteiger charge is 2.26. The third kappa shape index (κ3) is 5.97. The Bertz CT molecular complexity index is 1060. The molecule has 0 saturated heterocycles. The van der Waals surface area contributed by atoms with E-state index in [-0.39, 0.29) is 39.4 Å². The number of rotatable bonds is 6. The molecule has 1 heterocycles. The molecular formula is C22H32FN3O3S2. The lowest BCUT2D eigenvalue weighted by Gasteiger charge is -2.19. The number of carbonyl (C=O) groups excluding carboxylic acids is 1. The number of carbonyl (C=O) groups is 1. The molecule has 0 aliphatic rings. The molecule has 0 fully saturated rings. The number of nitrogens with two attached hydrogens (primary N) is 1. The van der Waals surface area contributed by atoms with Crippen LogP contribution in [0.3, 0.4) is 0 Å². The van der Waals surface area contributed by atoms with Gasteiger partial charge in [-0.1, -0.05) is 48.5 Å². The summed E-state index contributed by atoms with van der Waals surface area (Å²) in [7, 11) is -3.59. The number of aromatic nitrogens is 1. The van der Waals surface area contributed by atoms with Crippen LogP contribution in [-0.2, 0) is 33.2 Å². The first-order valence-electron chi connectivity index (χ1n) is 10.2. The molecular weight excluding hydrogens is 437 g/mol. The Balaban J connectivity index is 2.53. The van der Waals surface area contributed by atoms with Crippen LogP contribution < -0.4 is 5.14 Å². The van der Waals surface area contributed by atoms with Gasteiger partial charge in [0, 0.05) is 5.41 Å². The van der Waals surface area contributed by atoms with E-state index in [1.165, 1.54) is 12.1 Å². The van der Waals surface area contributed by atoms with E-state index in [0.717, 1.165) is 22.5 Å². The number of thiazole rings is 1. The van der Waals surface area contributed by atoms with Gasteiger partial charge in [0.25, 0.3) is 5.91 Å². The van der Waals surface area contributed by atoms with Crippen molar-refractivity contribution in [3.05, 3.63) is 45.3 Å². The molecule has 9 heteroatoms. The van der Waals surface area contributed by atoms with Crippen molar-refractivity contribution < 1.29 is 18.5 Å². The maximum atomic E-state index is 14.1. The van der Waals surface area contributed by atoms with Gasteiger partial charge in [0.15, 0.2) is 9.92 Å². The number of benzene rings is 1. The molecule has 1 aromatic heterocycles. The van der Waals surface area contributed by atoms with Gasteiger partial charge in [-0.25, -0.2) is 18.7 Å². The smallest absolute Gasteiger partial charge is 0.259 e. The van der Waals surface area contributed by atoms with Crippen LogP contribution in [0.4, 0.5) is 4.39 Å². The van der Waals surface area contributed by atoms with Crippen molar-refractivity contribution in [2.24, 2.45) is 9.50 Å². The average molecular weight is 470 g/mol. The maximum Gasteiger partial charge on any atom is 0.259 e. The summed E-state index contributed by atoms with van der Waals surface area (Å²) in [5, 5.41) is 16.3. The summed E-state index contributed by atoms with van der Waals surface area (Å²) in [6, 6.07) is 2.86. The molecule has 0 saturated carbocycles. The number of aliphatic hydroxyl groups is 1. The summed E-state index contributed by atoms with van der Waals surface area (Å²) in [5.74, 6) is -1.02. The normalized spacial score (nSPS) is 14.2. The Labute approximate surface area is 188 Å². The van der Waals surface area contributed by atoms with E-state index in [9.17, 15) is 18.5 Å². The monoisotopic (exact) mass is 469 g/mol. The van der Waals surface area contributed by atoms with Crippen molar-refractivity contribution in [3.63, 3.8) is 0 Å². The van der Waals surface area contributed by atoms with E-state index >= 15 is 0 Å². The molecule has 172 valence electrons. The zero-order chi connectivity index (χ0) is 23.7. The van der Waals surface area contributed by atoms with Gasteiger partial charge >= 0.3 is 0 Å². The topological polar surface area (TPSA) is 106 Å². The van der Waals surface area contributed by atoms with E-state index in [2.05, 4.69) is 9.35 Å². The molecule has 0 spiro atoms. The largest absolute Gasteiger partial charge is 0.390 e. The lowest BCUT2D eigenvalue weighted by Crippen LogP contribution is -2.17. The Morgan fingerprint density at radius 2 is 1.74 bits per heavy atom. The van der Waals surface area contributed by atoms with E-state index < -0.39 is 22.4 Å². The minimum atomic E-state index is -3.59. The van der Waals surface area contributed by atoms with Crippen molar-refractivity contribution in [1.82, 2.24) is 4.98 Å². The highest BCUT2D eigenvalue weighted by molar-refractivity contribution is 7.93. The first-order chi connectivity index (χ1) is 14.2. The number of hydrogen-bond donors (Lipinski definition) is 2. The fourth-order valence-electron chi connectivity index (χ4n) is 3.28. The van der Waals surface area contributed by atoms with Crippen LogP contribution in [0.2, 0.25) is 0 Å². The summed E-state index contributed by atoms with van der Waals surface area (Å²) in [5.41, 5.74) is 1.97. The third-order valence-electron chi connectivity index (χ3n) is 4.81. The van der Waals surface area contributed by atoms with Gasteiger partial charge in [-0.2, -0.15) is 0 Å². The summed E-state index contributed by atoms with van der Waals surface area (Å²) >= 11 is 1.10. The van der Waals surface area contributed by atoms with Gasteiger partial charge in [0.2, 0.25) is 0 Å². The standard InChI is InChI=1S/C22H32FN3O3S2/c1-12(2)15-8-14(23)9-16(13(3)4)17(15)10-19(28)26-31(24,29)20-18(11-27)25-21(30-20)22(5,6)7/h8-9,12-13,27H,10-11H2,1-7H3,(H2,24,26,28,29)/t31-/m0/s1. The van der Waals surface area contributed by atoms with Crippen molar-refractivity contribution >= 4 is 27.2 Å². The van der Waals surface area contributed by atoms with Gasteiger partial charge in [-0.3, -0.25) is 4.79 Å². The Kier molecular flexibility index (Phi) is 7.79. The number of aliphatic hydroxyl groups excluding tert-OH is 1. The van der Waals surface area contributed by atoms with Crippen LogP contribution in [0.5, 0.6) is 0 Å². The fraction of sp³-hybridized carbons (Fsp3) is 0.545. The highest BCUT2D eigenvalue weighted by atomic mass is 32.2. The number of hydrogen-bond acceptors (Lipinski definition) is 5. The summed E-state index contributed by atoms with van der Waals surface area (Å²) in [6.07, 6.45) is -0.130. The molecule has 1 atom stereocenters. The second-order valence-corrected chi connectivity index (χ2v) is 12.2. The fourth-order valence-corrected chi connectivity index (χ4v) is 5.87. The number of nitrogens with zero attached hydrogens (tertiary/aromatic N) is 2. The van der Waals surface area contributed by atoms with Crippen LogP contribution in [0.15, 0.2) is 20.7 Å². The van der Waals surface area contributed by atoms with E-state index in [0.29, 0.717) is 10.6 Å². The maximum absolute atomic E-state index is 14.1. The molecule has 6 nitrogen and oxygen atoms in total. The lowest BCUT2D eigenvalue weighted by molar-refractivity contribution is -0.117. The van der Waals surface area contributed by atoms with Crippen LogP contribution in [0, 0.1) is 5.82 Å². The van der Waals surface area contributed by atoms with E-state index in [1.54, 1.807) is 0 Å². The molecule has 2 aromatic rings. The Morgan fingerprint density at radius 3 is 2.16 bits per heavy atom. The number of amides is 1. The zero-order valence-electron chi connectivity index (χ0n) is 19.2. The molecule has 1 amide bonds. The van der Waals surface area contributed by atoms with Crippen molar-refractivity contribution in [2.45, 2.75) is 83.0 Å². The van der Waals surface area contributed by atoms with Crippen molar-refractivity contribution in [2.75, 3.05) is 0 Å². The second kappa shape index (κ2) is 9.44. The van der Waals surface area contributed by atoms with E-state index in [1.807, 2.05) is 48.5 Å². The third-order valence-corrected chi connectivity index (χ3v) is 8.34. The van der Waals surface area contributed by atoms with Crippen LogP contribution >= 0.6 is 11.3 Å². The predicted molar refractivity (Wildman–Crippen MR) is 123 cm³/mol. The lowest BCUT2D eigenvalue weighted by atomic mass is 9.87. The Morgan fingerprint density at radius 1 is 1.23 bits per heavy atom. The molecule has 31 heavy (non-hydrogen) atoms. The second-order valence-electron chi connectivity index (χ2n) is 9.26. The molecule has 3 N–H and O–H groups in total. The minimum Gasteiger partial charge on any atom is -0.390 e.